The van der Waals surface area contributed by atoms with Crippen molar-refractivity contribution < 1.29 is 14.0 Å². The number of nitrogens with one attached hydrogen (secondary N) is 1. The first-order valence-electron chi connectivity index (χ1n) is 8.87. The summed E-state index contributed by atoms with van der Waals surface area (Å²) in [6, 6.07) is 10.1. The Morgan fingerprint density at radius 1 is 0.964 bits per heavy atom. The molecule has 2 amide bonds. The molecule has 1 aromatic carbocycles. The Bertz CT molecular complexity index is 1140. The minimum Gasteiger partial charge on any atom is -0.459 e. The number of benzene rings is 1. The fourth-order valence-electron chi connectivity index (χ4n) is 3.33. The lowest BCUT2D eigenvalue weighted by molar-refractivity contribution is -0.133. The van der Waals surface area contributed by atoms with Crippen molar-refractivity contribution in [3.05, 3.63) is 69.1 Å². The van der Waals surface area contributed by atoms with Crippen LogP contribution in [0.25, 0.3) is 11.0 Å². The first kappa shape index (κ1) is 17.8. The van der Waals surface area contributed by atoms with E-state index >= 15 is 0 Å². The standard InChI is InChI=1S/C19H18N4O5/c24-16(12-23-14-5-2-1-4-13(14)20-17(25)19(23)27)21-7-9-22(10-8-21)18(26)15-6-3-11-28-15/h1-6,11H,7-10,12H2,(H,20,25). The van der Waals surface area contributed by atoms with Gasteiger partial charge >= 0.3 is 11.1 Å². The van der Waals surface area contributed by atoms with E-state index in [2.05, 4.69) is 4.98 Å². The lowest BCUT2D eigenvalue weighted by Crippen LogP contribution is -2.52. The summed E-state index contributed by atoms with van der Waals surface area (Å²) < 4.78 is 6.32. The topological polar surface area (TPSA) is 109 Å². The second-order valence-corrected chi connectivity index (χ2v) is 6.51. The molecule has 0 saturated carbocycles. The molecular formula is C19H18N4O5. The molecule has 3 aromatic rings. The molecule has 1 aliphatic heterocycles. The van der Waals surface area contributed by atoms with Gasteiger partial charge in [-0.15, -0.1) is 0 Å². The van der Waals surface area contributed by atoms with Crippen molar-refractivity contribution in [2.24, 2.45) is 0 Å². The van der Waals surface area contributed by atoms with E-state index in [1.165, 1.54) is 10.8 Å². The maximum atomic E-state index is 12.7. The number of hydrogen-bond donors (Lipinski definition) is 1. The molecule has 2 aromatic heterocycles. The summed E-state index contributed by atoms with van der Waals surface area (Å²) in [4.78, 5) is 54.9. The monoisotopic (exact) mass is 382 g/mol. The summed E-state index contributed by atoms with van der Waals surface area (Å²) in [5, 5.41) is 0. The number of fused-ring (bicyclic) bond motifs is 1. The van der Waals surface area contributed by atoms with Gasteiger partial charge in [0.2, 0.25) is 5.91 Å². The van der Waals surface area contributed by atoms with Gasteiger partial charge in [0.05, 0.1) is 17.3 Å². The number of H-pyrrole nitrogens is 1. The quantitative estimate of drug-likeness (QED) is 0.654. The minimum absolute atomic E-state index is 0.214. The van der Waals surface area contributed by atoms with Crippen LogP contribution in [0.1, 0.15) is 10.6 Å². The first-order chi connectivity index (χ1) is 13.5. The minimum atomic E-state index is -0.765. The van der Waals surface area contributed by atoms with E-state index in [1.807, 2.05) is 0 Å². The zero-order chi connectivity index (χ0) is 19.7. The van der Waals surface area contributed by atoms with E-state index in [0.29, 0.717) is 37.2 Å². The highest BCUT2D eigenvalue weighted by molar-refractivity contribution is 5.91. The van der Waals surface area contributed by atoms with Crippen LogP contribution in [0.5, 0.6) is 0 Å². The Balaban J connectivity index is 1.48. The summed E-state index contributed by atoms with van der Waals surface area (Å²) in [6.45, 7) is 1.21. The molecule has 1 N–H and O–H groups in total. The fraction of sp³-hybridized carbons (Fsp3) is 0.263. The van der Waals surface area contributed by atoms with Gasteiger partial charge in [-0.3, -0.25) is 23.7 Å². The third kappa shape index (κ3) is 3.22. The average Bonchev–Trinajstić information content (AvgIpc) is 3.25. The highest BCUT2D eigenvalue weighted by Crippen LogP contribution is 2.11. The van der Waals surface area contributed by atoms with Crippen LogP contribution in [-0.4, -0.2) is 57.3 Å². The van der Waals surface area contributed by atoms with E-state index in [9.17, 15) is 19.2 Å². The third-order valence-electron chi connectivity index (χ3n) is 4.83. The number of para-hydroxylation sites is 2. The number of piperazine rings is 1. The van der Waals surface area contributed by atoms with E-state index in [-0.39, 0.29) is 24.1 Å². The van der Waals surface area contributed by atoms with Crippen LogP contribution in [0.15, 0.2) is 56.7 Å². The number of furan rings is 1. The summed E-state index contributed by atoms with van der Waals surface area (Å²) in [7, 11) is 0. The first-order valence-corrected chi connectivity index (χ1v) is 8.87. The second kappa shape index (κ2) is 7.18. The molecule has 28 heavy (non-hydrogen) atoms. The Labute approximate surface area is 158 Å². The fourth-order valence-corrected chi connectivity index (χ4v) is 3.33. The Hall–Kier alpha value is -3.62. The van der Waals surface area contributed by atoms with Crippen LogP contribution in [-0.2, 0) is 11.3 Å². The zero-order valence-electron chi connectivity index (χ0n) is 15.0. The van der Waals surface area contributed by atoms with E-state index in [0.717, 1.165) is 0 Å². The molecule has 3 heterocycles. The SMILES string of the molecule is O=C(Cn1c(=O)c(=O)[nH]c2ccccc21)N1CCN(C(=O)c2ccco2)CC1. The normalized spacial score (nSPS) is 14.4. The van der Waals surface area contributed by atoms with Crippen molar-refractivity contribution in [1.29, 1.82) is 0 Å². The number of carbonyl (C=O) groups excluding carboxylic acids is 2. The van der Waals surface area contributed by atoms with Crippen LogP contribution < -0.4 is 11.1 Å². The summed E-state index contributed by atoms with van der Waals surface area (Å²) >= 11 is 0. The van der Waals surface area contributed by atoms with Gasteiger partial charge in [0.1, 0.15) is 6.54 Å². The molecular weight excluding hydrogens is 364 g/mol. The van der Waals surface area contributed by atoms with Crippen molar-refractivity contribution in [3.8, 4) is 0 Å². The number of nitrogens with zero attached hydrogens (tertiary/aromatic N) is 3. The summed E-state index contributed by atoms with van der Waals surface area (Å²) in [5.41, 5.74) is -0.542. The molecule has 1 saturated heterocycles. The van der Waals surface area contributed by atoms with E-state index in [1.54, 1.807) is 46.2 Å². The molecule has 0 bridgehead atoms. The van der Waals surface area contributed by atoms with Crippen LogP contribution in [0, 0.1) is 0 Å². The summed E-state index contributed by atoms with van der Waals surface area (Å²) in [5.74, 6) is -0.224. The van der Waals surface area contributed by atoms with Crippen LogP contribution >= 0.6 is 0 Å². The van der Waals surface area contributed by atoms with Crippen LogP contribution in [0.4, 0.5) is 0 Å². The molecule has 0 radical (unpaired) electrons. The molecule has 0 aliphatic carbocycles. The highest BCUT2D eigenvalue weighted by Gasteiger charge is 2.26. The van der Waals surface area contributed by atoms with Gasteiger partial charge in [-0.25, -0.2) is 0 Å². The van der Waals surface area contributed by atoms with Gasteiger partial charge in [0.25, 0.3) is 5.91 Å². The smallest absolute Gasteiger partial charge is 0.317 e. The van der Waals surface area contributed by atoms with Gasteiger partial charge < -0.3 is 19.2 Å². The molecule has 0 spiro atoms. The van der Waals surface area contributed by atoms with Gasteiger partial charge in [-0.2, -0.15) is 0 Å². The molecule has 0 unspecified atom stereocenters. The van der Waals surface area contributed by atoms with Crippen molar-refractivity contribution in [3.63, 3.8) is 0 Å². The van der Waals surface area contributed by atoms with Gasteiger partial charge in [-0.05, 0) is 24.3 Å². The third-order valence-corrected chi connectivity index (χ3v) is 4.83. The highest BCUT2D eigenvalue weighted by atomic mass is 16.3. The lowest BCUT2D eigenvalue weighted by atomic mass is 10.2. The molecule has 9 heteroatoms. The number of rotatable bonds is 3. The van der Waals surface area contributed by atoms with Crippen molar-refractivity contribution in [2.45, 2.75) is 6.54 Å². The van der Waals surface area contributed by atoms with Crippen molar-refractivity contribution in [2.75, 3.05) is 26.2 Å². The largest absolute Gasteiger partial charge is 0.459 e. The van der Waals surface area contributed by atoms with Crippen molar-refractivity contribution >= 4 is 22.8 Å². The number of aromatic nitrogens is 2. The van der Waals surface area contributed by atoms with Gasteiger partial charge in [-0.1, -0.05) is 12.1 Å². The Morgan fingerprint density at radius 3 is 2.39 bits per heavy atom. The Morgan fingerprint density at radius 2 is 1.68 bits per heavy atom. The van der Waals surface area contributed by atoms with Gasteiger partial charge in [0.15, 0.2) is 5.76 Å². The Kier molecular flexibility index (Phi) is 4.56. The van der Waals surface area contributed by atoms with E-state index < -0.39 is 11.1 Å². The number of hydrogen-bond acceptors (Lipinski definition) is 5. The predicted octanol–water partition coefficient (Wildman–Crippen LogP) is 0.267. The second-order valence-electron chi connectivity index (χ2n) is 6.51. The summed E-state index contributed by atoms with van der Waals surface area (Å²) in [6.07, 6.45) is 1.44. The maximum absolute atomic E-state index is 12.7. The maximum Gasteiger partial charge on any atom is 0.317 e. The van der Waals surface area contributed by atoms with Crippen LogP contribution in [0.2, 0.25) is 0 Å². The van der Waals surface area contributed by atoms with Crippen molar-refractivity contribution in [1.82, 2.24) is 19.4 Å². The predicted molar refractivity (Wildman–Crippen MR) is 100 cm³/mol. The van der Waals surface area contributed by atoms with Crippen LogP contribution in [0.3, 0.4) is 0 Å². The molecule has 9 nitrogen and oxygen atoms in total. The lowest BCUT2D eigenvalue weighted by Gasteiger charge is -2.34. The average molecular weight is 382 g/mol. The molecule has 1 aliphatic rings. The molecule has 4 rings (SSSR count). The zero-order valence-corrected chi connectivity index (χ0v) is 15.0. The number of aromatic amines is 1. The van der Waals surface area contributed by atoms with E-state index in [4.69, 9.17) is 4.42 Å². The number of amides is 2. The molecule has 144 valence electrons. The molecule has 0 atom stereocenters. The molecule has 1 fully saturated rings. The number of carbonyl (C=O) groups is 2. The van der Waals surface area contributed by atoms with Gasteiger partial charge in [0, 0.05) is 26.2 Å².